The van der Waals surface area contributed by atoms with E-state index in [0.717, 1.165) is 39.1 Å². The summed E-state index contributed by atoms with van der Waals surface area (Å²) in [5.74, 6) is 0.679. The molecule has 1 fully saturated rings. The number of ether oxygens (including phenoxy) is 2. The van der Waals surface area contributed by atoms with Crippen molar-refractivity contribution in [1.82, 2.24) is 10.2 Å². The number of amides is 1. The van der Waals surface area contributed by atoms with E-state index in [4.69, 9.17) is 9.47 Å². The predicted molar refractivity (Wildman–Crippen MR) is 73.2 cm³/mol. The zero-order valence-corrected chi connectivity index (χ0v) is 12.1. The van der Waals surface area contributed by atoms with E-state index in [2.05, 4.69) is 5.32 Å². The normalized spacial score (nSPS) is 19.4. The van der Waals surface area contributed by atoms with Crippen molar-refractivity contribution in [2.45, 2.75) is 12.8 Å². The molecular formula is C12H25ClN2O3. The van der Waals surface area contributed by atoms with Crippen LogP contribution in [-0.4, -0.2) is 64.4 Å². The van der Waals surface area contributed by atoms with Crippen LogP contribution in [0.1, 0.15) is 12.8 Å². The lowest BCUT2D eigenvalue weighted by Gasteiger charge is -2.32. The summed E-state index contributed by atoms with van der Waals surface area (Å²) in [5.41, 5.74) is 0. The van der Waals surface area contributed by atoms with E-state index in [1.54, 1.807) is 14.2 Å². The van der Waals surface area contributed by atoms with Gasteiger partial charge in [0.1, 0.15) is 0 Å². The molecule has 0 aromatic carbocycles. The average molecular weight is 281 g/mol. The molecule has 1 aliphatic heterocycles. The molecule has 1 N–H and O–H groups in total. The molecule has 1 unspecified atom stereocenters. The van der Waals surface area contributed by atoms with Gasteiger partial charge in [0, 0.05) is 33.9 Å². The molecule has 0 saturated carbocycles. The van der Waals surface area contributed by atoms with Crippen molar-refractivity contribution in [3.63, 3.8) is 0 Å². The average Bonchev–Trinajstić information content (AvgIpc) is 2.35. The second-order valence-electron chi connectivity index (χ2n) is 4.47. The van der Waals surface area contributed by atoms with Gasteiger partial charge in [0.15, 0.2) is 0 Å². The van der Waals surface area contributed by atoms with Crippen LogP contribution in [0, 0.1) is 5.92 Å². The topological polar surface area (TPSA) is 50.8 Å². The molecule has 1 aliphatic rings. The van der Waals surface area contributed by atoms with Crippen LogP contribution in [0.25, 0.3) is 0 Å². The monoisotopic (exact) mass is 280 g/mol. The minimum Gasteiger partial charge on any atom is -0.384 e. The number of carbonyl (C=O) groups excluding carboxylic acids is 1. The maximum atomic E-state index is 11.9. The zero-order valence-electron chi connectivity index (χ0n) is 11.3. The van der Waals surface area contributed by atoms with Gasteiger partial charge in [-0.25, -0.2) is 0 Å². The maximum absolute atomic E-state index is 11.9. The molecule has 0 aromatic rings. The molecule has 1 heterocycles. The Morgan fingerprint density at radius 1 is 1.39 bits per heavy atom. The Morgan fingerprint density at radius 2 is 2.17 bits per heavy atom. The van der Waals surface area contributed by atoms with Gasteiger partial charge in [-0.1, -0.05) is 0 Å². The van der Waals surface area contributed by atoms with E-state index in [1.807, 2.05) is 4.90 Å². The summed E-state index contributed by atoms with van der Waals surface area (Å²) in [6, 6.07) is 0. The van der Waals surface area contributed by atoms with E-state index < -0.39 is 0 Å². The Hall–Kier alpha value is -0.360. The van der Waals surface area contributed by atoms with Crippen LogP contribution in [0.5, 0.6) is 0 Å². The van der Waals surface area contributed by atoms with E-state index in [-0.39, 0.29) is 18.3 Å². The summed E-state index contributed by atoms with van der Waals surface area (Å²) in [4.78, 5) is 13.8. The molecule has 0 aliphatic carbocycles. The fourth-order valence-electron chi connectivity index (χ4n) is 2.14. The lowest BCUT2D eigenvalue weighted by molar-refractivity contribution is -0.132. The highest BCUT2D eigenvalue weighted by Gasteiger charge is 2.22. The summed E-state index contributed by atoms with van der Waals surface area (Å²) < 4.78 is 10.1. The van der Waals surface area contributed by atoms with Crippen molar-refractivity contribution >= 4 is 18.3 Å². The number of nitrogens with one attached hydrogen (secondary N) is 1. The van der Waals surface area contributed by atoms with Gasteiger partial charge >= 0.3 is 0 Å². The first-order valence-corrected chi connectivity index (χ1v) is 6.24. The summed E-state index contributed by atoms with van der Waals surface area (Å²) in [7, 11) is 3.37. The van der Waals surface area contributed by atoms with Gasteiger partial charge in [0.2, 0.25) is 5.91 Å². The minimum atomic E-state index is 0. The van der Waals surface area contributed by atoms with E-state index in [1.165, 1.54) is 0 Å². The lowest BCUT2D eigenvalue weighted by Crippen LogP contribution is -2.45. The lowest BCUT2D eigenvalue weighted by atomic mass is 9.99. The van der Waals surface area contributed by atoms with Crippen molar-refractivity contribution in [2.24, 2.45) is 5.92 Å². The third-order valence-electron chi connectivity index (χ3n) is 3.03. The number of nitrogens with zero attached hydrogens (tertiary/aromatic N) is 1. The van der Waals surface area contributed by atoms with Gasteiger partial charge in [-0.05, 0) is 18.8 Å². The first-order chi connectivity index (χ1) is 8.27. The molecule has 6 heteroatoms. The first kappa shape index (κ1) is 17.6. The van der Waals surface area contributed by atoms with Crippen LogP contribution in [0.2, 0.25) is 0 Å². The second kappa shape index (κ2) is 10.6. The van der Waals surface area contributed by atoms with E-state index in [0.29, 0.717) is 19.1 Å². The van der Waals surface area contributed by atoms with Crippen molar-refractivity contribution in [3.05, 3.63) is 0 Å². The number of halogens is 1. The summed E-state index contributed by atoms with van der Waals surface area (Å²) in [6.07, 6.45) is 2.24. The van der Waals surface area contributed by atoms with Crippen LogP contribution in [-0.2, 0) is 14.3 Å². The molecule has 1 saturated heterocycles. The summed E-state index contributed by atoms with van der Waals surface area (Å²) in [5, 5.41) is 3.08. The van der Waals surface area contributed by atoms with Crippen LogP contribution in [0.4, 0.5) is 0 Å². The van der Waals surface area contributed by atoms with Crippen molar-refractivity contribution < 1.29 is 14.3 Å². The summed E-state index contributed by atoms with van der Waals surface area (Å²) in [6.45, 7) is 4.23. The molecule has 0 radical (unpaired) electrons. The zero-order chi connectivity index (χ0) is 12.5. The SMILES string of the molecule is COCCNCC(=O)N1CCCC(COC)C1.Cl. The summed E-state index contributed by atoms with van der Waals surface area (Å²) >= 11 is 0. The van der Waals surface area contributed by atoms with Crippen molar-refractivity contribution in [2.75, 3.05) is 53.6 Å². The van der Waals surface area contributed by atoms with Crippen LogP contribution >= 0.6 is 12.4 Å². The quantitative estimate of drug-likeness (QED) is 0.691. The number of methoxy groups -OCH3 is 2. The smallest absolute Gasteiger partial charge is 0.236 e. The third kappa shape index (κ3) is 6.54. The third-order valence-corrected chi connectivity index (χ3v) is 3.03. The van der Waals surface area contributed by atoms with Gasteiger partial charge in [-0.2, -0.15) is 0 Å². The molecule has 18 heavy (non-hydrogen) atoms. The van der Waals surface area contributed by atoms with Crippen LogP contribution in [0.15, 0.2) is 0 Å². The number of hydrogen-bond acceptors (Lipinski definition) is 4. The molecular weight excluding hydrogens is 256 g/mol. The largest absolute Gasteiger partial charge is 0.384 e. The van der Waals surface area contributed by atoms with Gasteiger partial charge in [-0.3, -0.25) is 4.79 Å². The molecule has 0 aromatic heterocycles. The molecule has 5 nitrogen and oxygen atoms in total. The Kier molecular flexibility index (Phi) is 10.3. The van der Waals surface area contributed by atoms with E-state index >= 15 is 0 Å². The first-order valence-electron chi connectivity index (χ1n) is 6.24. The van der Waals surface area contributed by atoms with Gasteiger partial charge in [0.05, 0.1) is 19.8 Å². The van der Waals surface area contributed by atoms with Gasteiger partial charge in [0.25, 0.3) is 0 Å². The molecule has 0 bridgehead atoms. The fraction of sp³-hybridized carbons (Fsp3) is 0.917. The Bertz CT molecular complexity index is 227. The second-order valence-corrected chi connectivity index (χ2v) is 4.47. The molecule has 0 spiro atoms. The highest BCUT2D eigenvalue weighted by molar-refractivity contribution is 5.85. The number of carbonyl (C=O) groups is 1. The van der Waals surface area contributed by atoms with Gasteiger partial charge in [-0.15, -0.1) is 12.4 Å². The van der Waals surface area contributed by atoms with Crippen molar-refractivity contribution in [3.8, 4) is 0 Å². The standard InChI is InChI=1S/C12H24N2O3.ClH/c1-16-7-5-13-8-12(15)14-6-3-4-11(9-14)10-17-2;/h11,13H,3-10H2,1-2H3;1H. The van der Waals surface area contributed by atoms with Crippen LogP contribution < -0.4 is 5.32 Å². The predicted octanol–water partition coefficient (Wildman–Crippen LogP) is 0.529. The maximum Gasteiger partial charge on any atom is 0.236 e. The molecule has 1 rings (SSSR count). The van der Waals surface area contributed by atoms with E-state index in [9.17, 15) is 4.79 Å². The molecule has 1 atom stereocenters. The Morgan fingerprint density at radius 3 is 2.83 bits per heavy atom. The molecule has 108 valence electrons. The number of rotatable bonds is 7. The molecule has 1 amide bonds. The minimum absolute atomic E-state index is 0. The Balaban J connectivity index is 0.00000289. The number of likely N-dealkylation sites (tertiary alicyclic amines) is 1. The highest BCUT2D eigenvalue weighted by atomic mass is 35.5. The van der Waals surface area contributed by atoms with Crippen LogP contribution in [0.3, 0.4) is 0 Å². The number of hydrogen-bond donors (Lipinski definition) is 1. The fourth-order valence-corrected chi connectivity index (χ4v) is 2.14. The Labute approximate surface area is 116 Å². The highest BCUT2D eigenvalue weighted by Crippen LogP contribution is 2.16. The van der Waals surface area contributed by atoms with Crippen molar-refractivity contribution in [1.29, 1.82) is 0 Å². The van der Waals surface area contributed by atoms with Gasteiger partial charge < -0.3 is 19.7 Å². The number of piperidine rings is 1.